The lowest BCUT2D eigenvalue weighted by molar-refractivity contribution is -0.117. The maximum atomic E-state index is 11.3. The van der Waals surface area contributed by atoms with Crippen molar-refractivity contribution in [2.75, 3.05) is 23.9 Å². The molecular weight excluding hydrogens is 218 g/mol. The molecule has 0 N–H and O–H groups in total. The molecule has 0 atom stereocenters. The summed E-state index contributed by atoms with van der Waals surface area (Å²) in [7, 11) is 3.31. The quantitative estimate of drug-likeness (QED) is 0.777. The van der Waals surface area contributed by atoms with Crippen molar-refractivity contribution in [3.05, 3.63) is 17.7 Å². The van der Waals surface area contributed by atoms with Gasteiger partial charge >= 0.3 is 0 Å². The smallest absolute Gasteiger partial charge is 0.224 e. The number of anilines is 2. The number of pyridine rings is 1. The minimum absolute atomic E-state index is 0.0977. The lowest BCUT2D eigenvalue weighted by Crippen LogP contribution is -2.27. The molecule has 0 aliphatic carbocycles. The highest BCUT2D eigenvalue weighted by molar-refractivity contribution is 5.92. The average Bonchev–Trinajstić information content (AvgIpc) is 2.25. The minimum atomic E-state index is -0.0977. The topological polar surface area (TPSA) is 53.5 Å². The summed E-state index contributed by atoms with van der Waals surface area (Å²) in [6.07, 6.45) is 0. The van der Waals surface area contributed by atoms with Gasteiger partial charge in [-0.25, -0.2) is 4.98 Å². The Morgan fingerprint density at radius 3 is 1.65 bits per heavy atom. The fourth-order valence-corrected chi connectivity index (χ4v) is 1.30. The summed E-state index contributed by atoms with van der Waals surface area (Å²) in [4.78, 5) is 29.7. The van der Waals surface area contributed by atoms with E-state index in [0.717, 1.165) is 5.56 Å². The van der Waals surface area contributed by atoms with E-state index in [1.54, 1.807) is 26.2 Å². The molecule has 0 saturated carbocycles. The summed E-state index contributed by atoms with van der Waals surface area (Å²) >= 11 is 0. The fraction of sp³-hybridized carbons (Fsp3) is 0.417. The third kappa shape index (κ3) is 3.03. The SMILES string of the molecule is CC(=O)N(C)c1cc(C)cc(N(C)C(C)=O)n1. The molecule has 0 aromatic carbocycles. The first-order valence-corrected chi connectivity index (χ1v) is 5.30. The Hall–Kier alpha value is -1.91. The van der Waals surface area contributed by atoms with E-state index in [2.05, 4.69) is 4.98 Å². The normalized spacial score (nSPS) is 9.94. The molecule has 1 rings (SSSR count). The Kier molecular flexibility index (Phi) is 3.83. The Bertz CT molecular complexity index is 419. The van der Waals surface area contributed by atoms with Crippen LogP contribution in [0.2, 0.25) is 0 Å². The molecular formula is C12H17N3O2. The van der Waals surface area contributed by atoms with Crippen molar-refractivity contribution >= 4 is 23.5 Å². The number of hydrogen-bond donors (Lipinski definition) is 0. The Morgan fingerprint density at radius 2 is 1.35 bits per heavy atom. The molecule has 0 unspecified atom stereocenters. The highest BCUT2D eigenvalue weighted by Crippen LogP contribution is 2.19. The number of aryl methyl sites for hydroxylation is 1. The first kappa shape index (κ1) is 13.2. The average molecular weight is 235 g/mol. The van der Waals surface area contributed by atoms with Gasteiger partial charge in [0.1, 0.15) is 11.6 Å². The van der Waals surface area contributed by atoms with E-state index < -0.39 is 0 Å². The number of amides is 2. The molecule has 0 saturated heterocycles. The molecule has 1 aromatic heterocycles. The summed E-state index contributed by atoms with van der Waals surface area (Å²) in [5.74, 6) is 0.889. The molecule has 5 heteroatoms. The van der Waals surface area contributed by atoms with E-state index in [1.165, 1.54) is 23.6 Å². The van der Waals surface area contributed by atoms with Gasteiger partial charge in [-0.1, -0.05) is 0 Å². The third-order valence-electron chi connectivity index (χ3n) is 2.57. The number of rotatable bonds is 2. The molecule has 0 aliphatic rings. The molecule has 1 heterocycles. The maximum absolute atomic E-state index is 11.3. The van der Waals surface area contributed by atoms with E-state index in [1.807, 2.05) is 6.92 Å². The van der Waals surface area contributed by atoms with Crippen LogP contribution in [-0.2, 0) is 9.59 Å². The van der Waals surface area contributed by atoms with Crippen LogP contribution in [0.1, 0.15) is 19.4 Å². The zero-order chi connectivity index (χ0) is 13.2. The summed E-state index contributed by atoms with van der Waals surface area (Å²) in [6.45, 7) is 4.84. The molecule has 0 bridgehead atoms. The van der Waals surface area contributed by atoms with Gasteiger partial charge in [-0.2, -0.15) is 0 Å². The first-order valence-electron chi connectivity index (χ1n) is 5.30. The van der Waals surface area contributed by atoms with Crippen LogP contribution in [0.3, 0.4) is 0 Å². The number of carbonyl (C=O) groups excluding carboxylic acids is 2. The predicted octanol–water partition coefficient (Wildman–Crippen LogP) is 1.36. The minimum Gasteiger partial charge on any atom is -0.300 e. The van der Waals surface area contributed by atoms with Crippen LogP contribution in [0.25, 0.3) is 0 Å². The molecule has 1 aromatic rings. The first-order chi connectivity index (χ1) is 7.82. The van der Waals surface area contributed by atoms with E-state index in [9.17, 15) is 9.59 Å². The summed E-state index contributed by atoms with van der Waals surface area (Å²) in [5, 5.41) is 0. The van der Waals surface area contributed by atoms with Gasteiger partial charge in [0.05, 0.1) is 0 Å². The van der Waals surface area contributed by atoms with Gasteiger partial charge in [0.25, 0.3) is 0 Å². The van der Waals surface area contributed by atoms with Crippen LogP contribution < -0.4 is 9.80 Å². The predicted molar refractivity (Wildman–Crippen MR) is 67.1 cm³/mol. The van der Waals surface area contributed by atoms with Crippen LogP contribution >= 0.6 is 0 Å². The standard InChI is InChI=1S/C12H17N3O2/c1-8-6-11(14(4)9(2)16)13-12(7-8)15(5)10(3)17/h6-7H,1-5H3. The van der Waals surface area contributed by atoms with E-state index in [-0.39, 0.29) is 11.8 Å². The van der Waals surface area contributed by atoms with Crippen LogP contribution in [0.5, 0.6) is 0 Å². The zero-order valence-electron chi connectivity index (χ0n) is 10.8. The van der Waals surface area contributed by atoms with Crippen LogP contribution in [0.15, 0.2) is 12.1 Å². The molecule has 2 amide bonds. The number of aromatic nitrogens is 1. The fourth-order valence-electron chi connectivity index (χ4n) is 1.30. The summed E-state index contributed by atoms with van der Waals surface area (Å²) in [5.41, 5.74) is 0.950. The van der Waals surface area contributed by atoms with Crippen molar-refractivity contribution < 1.29 is 9.59 Å². The van der Waals surface area contributed by atoms with E-state index in [0.29, 0.717) is 11.6 Å². The zero-order valence-corrected chi connectivity index (χ0v) is 10.8. The lowest BCUT2D eigenvalue weighted by Gasteiger charge is -2.19. The highest BCUT2D eigenvalue weighted by atomic mass is 16.2. The van der Waals surface area contributed by atoms with Crippen molar-refractivity contribution in [3.8, 4) is 0 Å². The Morgan fingerprint density at radius 1 is 1.00 bits per heavy atom. The molecule has 0 spiro atoms. The monoisotopic (exact) mass is 235 g/mol. The third-order valence-corrected chi connectivity index (χ3v) is 2.57. The van der Waals surface area contributed by atoms with Gasteiger partial charge in [0, 0.05) is 27.9 Å². The van der Waals surface area contributed by atoms with Crippen molar-refractivity contribution in [1.82, 2.24) is 4.98 Å². The van der Waals surface area contributed by atoms with Gasteiger partial charge < -0.3 is 9.80 Å². The van der Waals surface area contributed by atoms with Crippen molar-refractivity contribution in [2.45, 2.75) is 20.8 Å². The van der Waals surface area contributed by atoms with Gasteiger partial charge in [0.2, 0.25) is 11.8 Å². The number of hydrogen-bond acceptors (Lipinski definition) is 3. The highest BCUT2D eigenvalue weighted by Gasteiger charge is 2.12. The molecule has 0 aliphatic heterocycles. The van der Waals surface area contributed by atoms with Crippen molar-refractivity contribution in [2.24, 2.45) is 0 Å². The Labute approximate surface area is 101 Å². The van der Waals surface area contributed by atoms with Gasteiger partial charge in [-0.15, -0.1) is 0 Å². The van der Waals surface area contributed by atoms with Gasteiger partial charge in [0.15, 0.2) is 0 Å². The maximum Gasteiger partial charge on any atom is 0.224 e. The van der Waals surface area contributed by atoms with E-state index >= 15 is 0 Å². The van der Waals surface area contributed by atoms with Crippen molar-refractivity contribution in [3.63, 3.8) is 0 Å². The molecule has 5 nitrogen and oxygen atoms in total. The lowest BCUT2D eigenvalue weighted by atomic mass is 10.2. The second kappa shape index (κ2) is 4.95. The molecule has 0 fully saturated rings. The second-order valence-electron chi connectivity index (χ2n) is 4.02. The Balaban J connectivity index is 3.19. The second-order valence-corrected chi connectivity index (χ2v) is 4.02. The summed E-state index contributed by atoms with van der Waals surface area (Å²) < 4.78 is 0. The van der Waals surface area contributed by atoms with E-state index in [4.69, 9.17) is 0 Å². The number of carbonyl (C=O) groups is 2. The van der Waals surface area contributed by atoms with Gasteiger partial charge in [-0.05, 0) is 24.6 Å². The molecule has 17 heavy (non-hydrogen) atoms. The van der Waals surface area contributed by atoms with Gasteiger partial charge in [-0.3, -0.25) is 9.59 Å². The van der Waals surface area contributed by atoms with Crippen molar-refractivity contribution in [1.29, 1.82) is 0 Å². The molecule has 0 radical (unpaired) electrons. The summed E-state index contributed by atoms with van der Waals surface area (Å²) in [6, 6.07) is 3.61. The van der Waals surface area contributed by atoms with Crippen LogP contribution in [0.4, 0.5) is 11.6 Å². The van der Waals surface area contributed by atoms with Crippen LogP contribution in [-0.4, -0.2) is 30.9 Å². The molecule has 92 valence electrons. The van der Waals surface area contributed by atoms with Crippen LogP contribution in [0, 0.1) is 6.92 Å². The number of nitrogens with zero attached hydrogens (tertiary/aromatic N) is 3. The largest absolute Gasteiger partial charge is 0.300 e.